The van der Waals surface area contributed by atoms with Crippen molar-refractivity contribution in [1.82, 2.24) is 0 Å². The van der Waals surface area contributed by atoms with Crippen LogP contribution in [0.4, 0.5) is 0 Å². The molecule has 0 saturated heterocycles. The Hall–Kier alpha value is -3.35. The Labute approximate surface area is 173 Å². The molecule has 2 aromatic carbocycles. The summed E-state index contributed by atoms with van der Waals surface area (Å²) < 4.78 is 28.8. The van der Waals surface area contributed by atoms with Crippen molar-refractivity contribution in [3.8, 4) is 34.5 Å². The largest absolute Gasteiger partial charge is 0.507 e. The summed E-state index contributed by atoms with van der Waals surface area (Å²) in [7, 11) is 3.08. The summed E-state index contributed by atoms with van der Waals surface area (Å²) in [6.45, 7) is 6.04. The standard InChI is InChI=1S/C23H22O7/c1-10(2)14-6-12-16(29-14)7-13(24)21-22(25)20-11-5-17(26-3)18(27-4)8-15(11)28-9-19(20)30-23(12)21/h5,7-8,14,19-20,24H,1,6,9H2,2-4H3/t14-,19+,20+/m1/s1. The Balaban J connectivity index is 1.62. The third kappa shape index (κ3) is 2.54. The van der Waals surface area contributed by atoms with Gasteiger partial charge < -0.3 is 28.8 Å². The molecule has 7 heteroatoms. The number of ketones is 1. The number of rotatable bonds is 3. The van der Waals surface area contributed by atoms with E-state index in [-0.39, 0.29) is 29.8 Å². The molecule has 0 bridgehead atoms. The molecule has 2 aromatic rings. The molecule has 30 heavy (non-hydrogen) atoms. The van der Waals surface area contributed by atoms with Gasteiger partial charge in [0.15, 0.2) is 17.3 Å². The van der Waals surface area contributed by atoms with E-state index in [1.54, 1.807) is 19.2 Å². The second kappa shape index (κ2) is 6.58. The number of carbonyl (C=O) groups is 1. The van der Waals surface area contributed by atoms with E-state index in [1.807, 2.05) is 6.92 Å². The van der Waals surface area contributed by atoms with E-state index in [4.69, 9.17) is 23.7 Å². The highest BCUT2D eigenvalue weighted by atomic mass is 16.5. The van der Waals surface area contributed by atoms with Gasteiger partial charge >= 0.3 is 0 Å². The first-order valence-electron chi connectivity index (χ1n) is 9.73. The van der Waals surface area contributed by atoms with E-state index < -0.39 is 12.0 Å². The predicted octanol–water partition coefficient (Wildman–Crippen LogP) is 3.41. The fourth-order valence-corrected chi connectivity index (χ4v) is 4.42. The number of hydrogen-bond acceptors (Lipinski definition) is 7. The number of phenolic OH excluding ortho intramolecular Hbond substituents is 1. The van der Waals surface area contributed by atoms with Crippen LogP contribution < -0.4 is 23.7 Å². The third-order valence-electron chi connectivity index (χ3n) is 5.95. The summed E-state index contributed by atoms with van der Waals surface area (Å²) in [6.07, 6.45) is -0.187. The maximum absolute atomic E-state index is 13.6. The van der Waals surface area contributed by atoms with E-state index >= 15 is 0 Å². The van der Waals surface area contributed by atoms with E-state index in [0.29, 0.717) is 40.7 Å². The first-order chi connectivity index (χ1) is 14.4. The lowest BCUT2D eigenvalue weighted by Gasteiger charge is -2.37. The molecule has 1 N–H and O–H groups in total. The van der Waals surface area contributed by atoms with Gasteiger partial charge in [0.05, 0.1) is 20.1 Å². The van der Waals surface area contributed by atoms with Gasteiger partial charge in [-0.15, -0.1) is 0 Å². The van der Waals surface area contributed by atoms with Crippen molar-refractivity contribution in [2.45, 2.75) is 31.5 Å². The SMILES string of the molecule is C=C(C)[C@H]1Cc2c(cc(O)c3c2O[C@H]2COc4cc(OC)c(OC)cc4[C@@H]2C3=O)O1. The van der Waals surface area contributed by atoms with E-state index in [9.17, 15) is 9.90 Å². The molecule has 0 amide bonds. The first kappa shape index (κ1) is 18.7. The second-order valence-electron chi connectivity index (χ2n) is 7.79. The fraction of sp³-hybridized carbons (Fsp3) is 0.348. The molecule has 0 radical (unpaired) electrons. The summed E-state index contributed by atoms with van der Waals surface area (Å²) in [4.78, 5) is 13.6. The van der Waals surface area contributed by atoms with Gasteiger partial charge in [0.1, 0.15) is 47.4 Å². The minimum absolute atomic E-state index is 0.150. The number of aromatic hydroxyl groups is 1. The van der Waals surface area contributed by atoms with E-state index in [1.165, 1.54) is 13.2 Å². The zero-order chi connectivity index (χ0) is 21.2. The lowest BCUT2D eigenvalue weighted by Crippen LogP contribution is -2.43. The van der Waals surface area contributed by atoms with Gasteiger partial charge in [-0.25, -0.2) is 0 Å². The monoisotopic (exact) mass is 410 g/mol. The second-order valence-corrected chi connectivity index (χ2v) is 7.79. The van der Waals surface area contributed by atoms with Gasteiger partial charge in [-0.3, -0.25) is 4.79 Å². The minimum Gasteiger partial charge on any atom is -0.507 e. The zero-order valence-corrected chi connectivity index (χ0v) is 17.0. The van der Waals surface area contributed by atoms with Gasteiger partial charge in [-0.05, 0) is 18.6 Å². The molecule has 0 fully saturated rings. The molecule has 3 aliphatic rings. The average Bonchev–Trinajstić information content (AvgIpc) is 3.16. The number of phenols is 1. The van der Waals surface area contributed by atoms with Gasteiger partial charge in [0.2, 0.25) is 0 Å². The number of fused-ring (bicyclic) bond motifs is 6. The molecular formula is C23H22O7. The zero-order valence-electron chi connectivity index (χ0n) is 17.0. The molecule has 0 unspecified atom stereocenters. The minimum atomic E-state index is -0.621. The first-order valence-corrected chi connectivity index (χ1v) is 9.73. The van der Waals surface area contributed by atoms with Crippen molar-refractivity contribution in [2.24, 2.45) is 0 Å². The van der Waals surface area contributed by atoms with Crippen LogP contribution in [0.1, 0.15) is 34.3 Å². The Morgan fingerprint density at radius 1 is 1.13 bits per heavy atom. The quantitative estimate of drug-likeness (QED) is 0.777. The molecule has 3 aliphatic heterocycles. The van der Waals surface area contributed by atoms with Crippen LogP contribution >= 0.6 is 0 Å². The highest BCUT2D eigenvalue weighted by Gasteiger charge is 2.47. The Bertz CT molecular complexity index is 1090. The molecule has 7 nitrogen and oxygen atoms in total. The Kier molecular flexibility index (Phi) is 4.10. The Morgan fingerprint density at radius 2 is 1.87 bits per heavy atom. The van der Waals surface area contributed by atoms with Crippen LogP contribution in [0.25, 0.3) is 0 Å². The van der Waals surface area contributed by atoms with Crippen LogP contribution in [0.3, 0.4) is 0 Å². The van der Waals surface area contributed by atoms with Gasteiger partial charge in [-0.2, -0.15) is 0 Å². The van der Waals surface area contributed by atoms with Crippen LogP contribution in [-0.4, -0.2) is 43.9 Å². The third-order valence-corrected chi connectivity index (χ3v) is 5.95. The molecule has 5 rings (SSSR count). The molecule has 0 spiro atoms. The van der Waals surface area contributed by atoms with Crippen molar-refractivity contribution >= 4 is 5.78 Å². The molecule has 3 heterocycles. The van der Waals surface area contributed by atoms with Crippen molar-refractivity contribution < 1.29 is 33.6 Å². The lowest BCUT2D eigenvalue weighted by molar-refractivity contribution is 0.0549. The number of hydrogen-bond donors (Lipinski definition) is 1. The van der Waals surface area contributed by atoms with Gasteiger partial charge in [-0.1, -0.05) is 6.58 Å². The normalized spacial score (nSPS) is 23.0. The molecule has 156 valence electrons. The van der Waals surface area contributed by atoms with Crippen molar-refractivity contribution in [3.63, 3.8) is 0 Å². The van der Waals surface area contributed by atoms with Crippen LogP contribution in [0, 0.1) is 0 Å². The van der Waals surface area contributed by atoms with Gasteiger partial charge in [0.25, 0.3) is 0 Å². The highest BCUT2D eigenvalue weighted by Crippen LogP contribution is 2.52. The smallest absolute Gasteiger partial charge is 0.181 e. The fourth-order valence-electron chi connectivity index (χ4n) is 4.42. The summed E-state index contributed by atoms with van der Waals surface area (Å²) in [5.74, 6) is 1.48. The van der Waals surface area contributed by atoms with Crippen LogP contribution in [0.2, 0.25) is 0 Å². The molecule has 0 aromatic heterocycles. The van der Waals surface area contributed by atoms with E-state index in [2.05, 4.69) is 6.58 Å². The van der Waals surface area contributed by atoms with Crippen LogP contribution in [-0.2, 0) is 6.42 Å². The maximum atomic E-state index is 13.6. The average molecular weight is 410 g/mol. The molecule has 3 atom stereocenters. The summed E-state index contributed by atoms with van der Waals surface area (Å²) >= 11 is 0. The number of ether oxygens (including phenoxy) is 5. The number of methoxy groups -OCH3 is 2. The van der Waals surface area contributed by atoms with Crippen molar-refractivity contribution in [3.05, 3.63) is 47.0 Å². The topological polar surface area (TPSA) is 83.5 Å². The maximum Gasteiger partial charge on any atom is 0.181 e. The highest BCUT2D eigenvalue weighted by molar-refractivity contribution is 6.08. The van der Waals surface area contributed by atoms with Crippen LogP contribution in [0.15, 0.2) is 30.4 Å². The predicted molar refractivity (Wildman–Crippen MR) is 108 cm³/mol. The molecule has 0 aliphatic carbocycles. The molecule has 0 saturated carbocycles. The number of Topliss-reactive ketones (excluding diaryl/α,β-unsaturated/α-hetero) is 1. The summed E-state index contributed by atoms with van der Waals surface area (Å²) in [6, 6.07) is 4.94. The Morgan fingerprint density at radius 3 is 2.57 bits per heavy atom. The van der Waals surface area contributed by atoms with Crippen molar-refractivity contribution in [1.29, 1.82) is 0 Å². The summed E-state index contributed by atoms with van der Waals surface area (Å²) in [5.41, 5.74) is 2.48. The number of carbonyl (C=O) groups excluding carboxylic acids is 1. The van der Waals surface area contributed by atoms with Crippen LogP contribution in [0.5, 0.6) is 34.5 Å². The summed E-state index contributed by atoms with van der Waals surface area (Å²) in [5, 5.41) is 10.7. The van der Waals surface area contributed by atoms with Crippen molar-refractivity contribution in [2.75, 3.05) is 20.8 Å². The van der Waals surface area contributed by atoms with E-state index in [0.717, 1.165) is 11.1 Å². The number of benzene rings is 2. The lowest BCUT2D eigenvalue weighted by atomic mass is 9.80. The van der Waals surface area contributed by atoms with Gasteiger partial charge in [0, 0.05) is 29.7 Å². The molecular weight excluding hydrogens is 388 g/mol.